The van der Waals surface area contributed by atoms with Crippen molar-refractivity contribution in [3.63, 3.8) is 0 Å². The Labute approximate surface area is 117 Å². The van der Waals surface area contributed by atoms with E-state index in [1.165, 1.54) is 11.8 Å². The summed E-state index contributed by atoms with van der Waals surface area (Å²) in [7, 11) is 0. The van der Waals surface area contributed by atoms with E-state index in [0.29, 0.717) is 11.4 Å². The Hall–Kier alpha value is -2.27. The van der Waals surface area contributed by atoms with Gasteiger partial charge in [0.2, 0.25) is 0 Å². The van der Waals surface area contributed by atoms with Crippen LogP contribution < -0.4 is 10.6 Å². The van der Waals surface area contributed by atoms with Crippen LogP contribution in [0.25, 0.3) is 0 Å². The average molecular weight is 274 g/mol. The molecule has 2 aromatic rings. The molecule has 5 heteroatoms. The predicted octanol–water partition coefficient (Wildman–Crippen LogP) is 2.70. The summed E-state index contributed by atoms with van der Waals surface area (Å²) in [5, 5.41) is 15.0. The number of carbonyl (C=O) groups is 1. The number of nitrogens with one attached hydrogen (secondary N) is 2. The fraction of sp³-hybridized carbons (Fsp3) is 0.267. The number of anilines is 1. The van der Waals surface area contributed by atoms with Crippen LogP contribution in [0.1, 0.15) is 24.4 Å². The van der Waals surface area contributed by atoms with E-state index in [4.69, 9.17) is 4.42 Å². The Bertz CT molecular complexity index is 535. The van der Waals surface area contributed by atoms with Gasteiger partial charge in [-0.05, 0) is 36.2 Å². The maximum absolute atomic E-state index is 11.7. The third kappa shape index (κ3) is 3.86. The molecule has 1 heterocycles. The van der Waals surface area contributed by atoms with Crippen LogP contribution in [-0.2, 0) is 6.42 Å². The number of carbonyl (C=O) groups excluding carboxylic acids is 1. The predicted molar refractivity (Wildman–Crippen MR) is 76.5 cm³/mol. The zero-order valence-corrected chi connectivity index (χ0v) is 11.3. The molecule has 1 aromatic carbocycles. The summed E-state index contributed by atoms with van der Waals surface area (Å²) in [5.74, 6) is 0.428. The standard InChI is InChI=1S/C15H18N2O3/c1-2-11-5-7-12(8-6-11)17-15(19)16-10-13(18)14-4-3-9-20-14/h3-9,13,18H,2,10H2,1H3,(H2,16,17,19). The van der Waals surface area contributed by atoms with Crippen molar-refractivity contribution >= 4 is 11.7 Å². The molecule has 3 N–H and O–H groups in total. The molecule has 1 unspecified atom stereocenters. The van der Waals surface area contributed by atoms with Gasteiger partial charge < -0.3 is 20.2 Å². The number of aliphatic hydroxyl groups is 1. The van der Waals surface area contributed by atoms with Gasteiger partial charge in [-0.25, -0.2) is 4.79 Å². The van der Waals surface area contributed by atoms with Crippen LogP contribution in [0.3, 0.4) is 0 Å². The molecule has 0 aliphatic rings. The molecule has 5 nitrogen and oxygen atoms in total. The van der Waals surface area contributed by atoms with Crippen molar-refractivity contribution < 1.29 is 14.3 Å². The molecule has 0 fully saturated rings. The van der Waals surface area contributed by atoms with Gasteiger partial charge in [-0.2, -0.15) is 0 Å². The summed E-state index contributed by atoms with van der Waals surface area (Å²) >= 11 is 0. The molecule has 2 rings (SSSR count). The van der Waals surface area contributed by atoms with Gasteiger partial charge in [0, 0.05) is 5.69 Å². The highest BCUT2D eigenvalue weighted by atomic mass is 16.4. The van der Waals surface area contributed by atoms with Gasteiger partial charge in [0.15, 0.2) is 0 Å². The lowest BCUT2D eigenvalue weighted by molar-refractivity contribution is 0.149. The number of hydrogen-bond donors (Lipinski definition) is 3. The number of aliphatic hydroxyl groups excluding tert-OH is 1. The topological polar surface area (TPSA) is 74.5 Å². The van der Waals surface area contributed by atoms with Crippen LogP contribution in [0.4, 0.5) is 10.5 Å². The van der Waals surface area contributed by atoms with Crippen molar-refractivity contribution in [2.24, 2.45) is 0 Å². The summed E-state index contributed by atoms with van der Waals surface area (Å²) in [5.41, 5.74) is 1.93. The van der Waals surface area contributed by atoms with Crippen LogP contribution in [0, 0.1) is 0 Å². The fourth-order valence-electron chi connectivity index (χ4n) is 1.77. The molecule has 1 atom stereocenters. The molecule has 106 valence electrons. The molecular formula is C15H18N2O3. The summed E-state index contributed by atoms with van der Waals surface area (Å²) < 4.78 is 5.05. The molecule has 0 saturated carbocycles. The monoisotopic (exact) mass is 274 g/mol. The van der Waals surface area contributed by atoms with Crippen LogP contribution in [0.5, 0.6) is 0 Å². The Morgan fingerprint density at radius 3 is 2.65 bits per heavy atom. The second kappa shape index (κ2) is 6.77. The number of aryl methyl sites for hydroxylation is 1. The van der Waals surface area contributed by atoms with Crippen molar-refractivity contribution in [2.45, 2.75) is 19.4 Å². The first kappa shape index (κ1) is 14.1. The van der Waals surface area contributed by atoms with E-state index in [-0.39, 0.29) is 12.6 Å². The minimum absolute atomic E-state index is 0.0897. The van der Waals surface area contributed by atoms with E-state index in [0.717, 1.165) is 6.42 Å². The normalized spacial score (nSPS) is 11.9. The van der Waals surface area contributed by atoms with Crippen molar-refractivity contribution in [3.05, 3.63) is 54.0 Å². The van der Waals surface area contributed by atoms with E-state index in [2.05, 4.69) is 17.6 Å². The molecule has 20 heavy (non-hydrogen) atoms. The largest absolute Gasteiger partial charge is 0.467 e. The molecule has 0 radical (unpaired) electrons. The number of amides is 2. The first-order valence-corrected chi connectivity index (χ1v) is 6.54. The maximum Gasteiger partial charge on any atom is 0.319 e. The molecule has 2 amide bonds. The number of rotatable bonds is 5. The fourth-order valence-corrected chi connectivity index (χ4v) is 1.77. The first-order valence-electron chi connectivity index (χ1n) is 6.54. The smallest absolute Gasteiger partial charge is 0.319 e. The second-order valence-corrected chi connectivity index (χ2v) is 4.42. The zero-order valence-electron chi connectivity index (χ0n) is 11.3. The number of hydrogen-bond acceptors (Lipinski definition) is 3. The highest BCUT2D eigenvalue weighted by Gasteiger charge is 2.11. The highest BCUT2D eigenvalue weighted by molar-refractivity contribution is 5.89. The minimum Gasteiger partial charge on any atom is -0.467 e. The Morgan fingerprint density at radius 1 is 1.30 bits per heavy atom. The number of urea groups is 1. The summed E-state index contributed by atoms with van der Waals surface area (Å²) in [6, 6.07) is 10.6. The van der Waals surface area contributed by atoms with E-state index in [9.17, 15) is 9.90 Å². The molecule has 1 aromatic heterocycles. The number of furan rings is 1. The van der Waals surface area contributed by atoms with Crippen LogP contribution in [0.15, 0.2) is 47.1 Å². The van der Waals surface area contributed by atoms with Crippen molar-refractivity contribution in [3.8, 4) is 0 Å². The Balaban J connectivity index is 1.80. The Kier molecular flexibility index (Phi) is 4.79. The van der Waals surface area contributed by atoms with Crippen molar-refractivity contribution in [1.29, 1.82) is 0 Å². The summed E-state index contributed by atoms with van der Waals surface area (Å²) in [4.78, 5) is 11.7. The quantitative estimate of drug-likeness (QED) is 0.784. The van der Waals surface area contributed by atoms with Gasteiger partial charge in [0.05, 0.1) is 12.8 Å². The van der Waals surface area contributed by atoms with Crippen molar-refractivity contribution in [1.82, 2.24) is 5.32 Å². The van der Waals surface area contributed by atoms with Gasteiger partial charge in [0.25, 0.3) is 0 Å². The molecule has 0 aliphatic heterocycles. The van der Waals surface area contributed by atoms with Gasteiger partial charge in [-0.3, -0.25) is 0 Å². The molecule has 0 saturated heterocycles. The third-order valence-electron chi connectivity index (χ3n) is 2.95. The molecule has 0 bridgehead atoms. The van der Waals surface area contributed by atoms with Crippen LogP contribution in [0.2, 0.25) is 0 Å². The SMILES string of the molecule is CCc1ccc(NC(=O)NCC(O)c2ccco2)cc1. The van der Waals surface area contributed by atoms with Crippen LogP contribution in [-0.4, -0.2) is 17.7 Å². The molecule has 0 aliphatic carbocycles. The third-order valence-corrected chi connectivity index (χ3v) is 2.95. The van der Waals surface area contributed by atoms with Crippen LogP contribution >= 0.6 is 0 Å². The number of benzene rings is 1. The Morgan fingerprint density at radius 2 is 2.05 bits per heavy atom. The maximum atomic E-state index is 11.7. The molecular weight excluding hydrogens is 256 g/mol. The zero-order chi connectivity index (χ0) is 14.4. The lowest BCUT2D eigenvalue weighted by Gasteiger charge is -2.11. The van der Waals surface area contributed by atoms with Gasteiger partial charge in [-0.1, -0.05) is 19.1 Å². The summed E-state index contributed by atoms with van der Waals surface area (Å²) in [6.45, 7) is 2.16. The van der Waals surface area contributed by atoms with Gasteiger partial charge >= 0.3 is 6.03 Å². The van der Waals surface area contributed by atoms with Gasteiger partial charge in [-0.15, -0.1) is 0 Å². The summed E-state index contributed by atoms with van der Waals surface area (Å²) in [6.07, 6.45) is 1.59. The second-order valence-electron chi connectivity index (χ2n) is 4.42. The molecule has 0 spiro atoms. The highest BCUT2D eigenvalue weighted by Crippen LogP contribution is 2.12. The average Bonchev–Trinajstić information content (AvgIpc) is 3.00. The van der Waals surface area contributed by atoms with E-state index >= 15 is 0 Å². The van der Waals surface area contributed by atoms with Crippen molar-refractivity contribution in [2.75, 3.05) is 11.9 Å². The lowest BCUT2D eigenvalue weighted by atomic mass is 10.1. The first-order chi connectivity index (χ1) is 9.69. The van der Waals surface area contributed by atoms with E-state index in [1.807, 2.05) is 24.3 Å². The minimum atomic E-state index is -0.849. The van der Waals surface area contributed by atoms with Gasteiger partial charge in [0.1, 0.15) is 11.9 Å². The lowest BCUT2D eigenvalue weighted by Crippen LogP contribution is -2.32. The van der Waals surface area contributed by atoms with E-state index < -0.39 is 6.10 Å². The van der Waals surface area contributed by atoms with E-state index in [1.54, 1.807) is 12.1 Å².